The van der Waals surface area contributed by atoms with E-state index in [0.29, 0.717) is 5.82 Å². The van der Waals surface area contributed by atoms with Crippen LogP contribution in [0.15, 0.2) is 53.5 Å². The number of halogens is 1. The van der Waals surface area contributed by atoms with E-state index in [1.165, 1.54) is 0 Å². The van der Waals surface area contributed by atoms with Crippen molar-refractivity contribution in [1.29, 1.82) is 0 Å². The molecule has 1 aromatic heterocycles. The monoisotopic (exact) mass is 290 g/mol. The molecule has 3 nitrogen and oxygen atoms in total. The number of aliphatic hydroxyl groups is 1. The van der Waals surface area contributed by atoms with Crippen molar-refractivity contribution in [2.24, 2.45) is 0 Å². The van der Waals surface area contributed by atoms with E-state index < -0.39 is 0 Å². The Morgan fingerprint density at radius 2 is 1.76 bits per heavy atom. The van der Waals surface area contributed by atoms with Gasteiger partial charge in [-0.15, -0.1) is 0 Å². The van der Waals surface area contributed by atoms with Crippen LogP contribution in [0.25, 0.3) is 11.4 Å². The molecule has 4 heteroatoms. The lowest BCUT2D eigenvalue weighted by Gasteiger charge is -2.01. The van der Waals surface area contributed by atoms with Gasteiger partial charge in [-0.25, -0.2) is 9.97 Å². The number of nitrogens with zero attached hydrogens (tertiary/aromatic N) is 2. The first-order valence-corrected chi connectivity index (χ1v) is 5.95. The molecule has 1 N–H and O–H groups in total. The molecule has 0 saturated carbocycles. The topological polar surface area (TPSA) is 46.0 Å². The summed E-state index contributed by atoms with van der Waals surface area (Å²) in [5, 5.41) is 8.58. The standard InChI is InChI=1S/C13H11BrN2O/c14-12-8-15-13(16-9-12)11-5-3-10(4-6-11)2-1-7-17/h1,3-9,17H,2H2/b7-1+. The molecule has 0 aliphatic heterocycles. The van der Waals surface area contributed by atoms with Gasteiger partial charge in [0.1, 0.15) is 0 Å². The van der Waals surface area contributed by atoms with Crippen molar-refractivity contribution in [3.63, 3.8) is 0 Å². The number of hydrogen-bond acceptors (Lipinski definition) is 3. The van der Waals surface area contributed by atoms with Gasteiger partial charge in [0.05, 0.1) is 10.7 Å². The first-order chi connectivity index (χ1) is 8.29. The minimum absolute atomic E-state index is 0.706. The van der Waals surface area contributed by atoms with Crippen LogP contribution in [0, 0.1) is 0 Å². The van der Waals surface area contributed by atoms with Gasteiger partial charge in [0.25, 0.3) is 0 Å². The van der Waals surface area contributed by atoms with Gasteiger partial charge >= 0.3 is 0 Å². The third-order valence-corrected chi connectivity index (χ3v) is 2.70. The van der Waals surface area contributed by atoms with Crippen LogP contribution in [0.2, 0.25) is 0 Å². The van der Waals surface area contributed by atoms with Crippen LogP contribution >= 0.6 is 15.9 Å². The van der Waals surface area contributed by atoms with Gasteiger partial charge in [-0.3, -0.25) is 0 Å². The Labute approximate surface area is 108 Å². The molecule has 0 bridgehead atoms. The third kappa shape index (κ3) is 3.14. The van der Waals surface area contributed by atoms with Crippen molar-refractivity contribution in [1.82, 2.24) is 9.97 Å². The highest BCUT2D eigenvalue weighted by Crippen LogP contribution is 2.17. The molecule has 17 heavy (non-hydrogen) atoms. The summed E-state index contributed by atoms with van der Waals surface area (Å²) >= 11 is 3.30. The molecule has 0 spiro atoms. The zero-order valence-corrected chi connectivity index (χ0v) is 10.6. The van der Waals surface area contributed by atoms with Gasteiger partial charge in [-0.2, -0.15) is 0 Å². The summed E-state index contributed by atoms with van der Waals surface area (Å²) in [5.41, 5.74) is 2.12. The fourth-order valence-electron chi connectivity index (χ4n) is 1.44. The normalized spacial score (nSPS) is 10.9. The van der Waals surface area contributed by atoms with Crippen LogP contribution in [0.4, 0.5) is 0 Å². The van der Waals surface area contributed by atoms with Crippen LogP contribution in [0.5, 0.6) is 0 Å². The molecule has 2 rings (SSSR count). The third-order valence-electron chi connectivity index (χ3n) is 2.29. The zero-order chi connectivity index (χ0) is 12.1. The summed E-state index contributed by atoms with van der Waals surface area (Å²) in [6.07, 6.45) is 6.93. The quantitative estimate of drug-likeness (QED) is 0.880. The van der Waals surface area contributed by atoms with E-state index in [1.54, 1.807) is 18.5 Å². The summed E-state index contributed by atoms with van der Waals surface area (Å²) < 4.78 is 0.867. The lowest BCUT2D eigenvalue weighted by atomic mass is 10.1. The molecule has 1 aromatic carbocycles. The first-order valence-electron chi connectivity index (χ1n) is 5.15. The lowest BCUT2D eigenvalue weighted by molar-refractivity contribution is 0.471. The Kier molecular flexibility index (Phi) is 3.88. The smallest absolute Gasteiger partial charge is 0.159 e. The van der Waals surface area contributed by atoms with E-state index >= 15 is 0 Å². The van der Waals surface area contributed by atoms with E-state index in [-0.39, 0.29) is 0 Å². The highest BCUT2D eigenvalue weighted by Gasteiger charge is 2.00. The Hall–Kier alpha value is -1.68. The number of aromatic nitrogens is 2. The maximum atomic E-state index is 8.58. The molecule has 0 aliphatic carbocycles. The van der Waals surface area contributed by atoms with E-state index in [4.69, 9.17) is 5.11 Å². The second-order valence-electron chi connectivity index (χ2n) is 3.51. The highest BCUT2D eigenvalue weighted by molar-refractivity contribution is 9.10. The minimum atomic E-state index is 0.706. The van der Waals surface area contributed by atoms with E-state index in [0.717, 1.165) is 28.3 Å². The zero-order valence-electron chi connectivity index (χ0n) is 9.05. The highest BCUT2D eigenvalue weighted by atomic mass is 79.9. The van der Waals surface area contributed by atoms with Crippen LogP contribution in [-0.2, 0) is 6.42 Å². The van der Waals surface area contributed by atoms with Crippen LogP contribution in [0.1, 0.15) is 5.56 Å². The van der Waals surface area contributed by atoms with Gasteiger partial charge in [0, 0.05) is 18.0 Å². The molecule has 0 saturated heterocycles. The molecule has 86 valence electrons. The molecule has 0 unspecified atom stereocenters. The van der Waals surface area contributed by atoms with Crippen molar-refractivity contribution in [3.8, 4) is 11.4 Å². The molecule has 0 amide bonds. The number of benzene rings is 1. The largest absolute Gasteiger partial charge is 0.516 e. The maximum absolute atomic E-state index is 8.58. The summed E-state index contributed by atoms with van der Waals surface area (Å²) in [6.45, 7) is 0. The van der Waals surface area contributed by atoms with Crippen molar-refractivity contribution in [2.75, 3.05) is 0 Å². The number of rotatable bonds is 3. The van der Waals surface area contributed by atoms with Crippen molar-refractivity contribution in [3.05, 3.63) is 59.0 Å². The van der Waals surface area contributed by atoms with Crippen LogP contribution in [-0.4, -0.2) is 15.1 Å². The maximum Gasteiger partial charge on any atom is 0.159 e. The van der Waals surface area contributed by atoms with E-state index in [1.807, 2.05) is 24.3 Å². The molecular formula is C13H11BrN2O. The Balaban J connectivity index is 2.20. The van der Waals surface area contributed by atoms with Crippen molar-refractivity contribution < 1.29 is 5.11 Å². The number of hydrogen-bond donors (Lipinski definition) is 1. The molecule has 1 heterocycles. The summed E-state index contributed by atoms with van der Waals surface area (Å²) in [4.78, 5) is 8.46. The fourth-order valence-corrected chi connectivity index (χ4v) is 1.64. The average Bonchev–Trinajstić information content (AvgIpc) is 2.38. The summed E-state index contributed by atoms with van der Waals surface area (Å²) in [6, 6.07) is 7.95. The first kappa shape index (κ1) is 11.8. The van der Waals surface area contributed by atoms with Gasteiger partial charge in [0.15, 0.2) is 5.82 Å². The number of allylic oxidation sites excluding steroid dienone is 1. The van der Waals surface area contributed by atoms with Crippen molar-refractivity contribution in [2.45, 2.75) is 6.42 Å². The van der Waals surface area contributed by atoms with Gasteiger partial charge in [-0.1, -0.05) is 24.3 Å². The minimum Gasteiger partial charge on any atom is -0.516 e. The SMILES string of the molecule is O/C=C/Cc1ccc(-c2ncc(Br)cn2)cc1. The molecular weight excluding hydrogens is 280 g/mol. The fraction of sp³-hybridized carbons (Fsp3) is 0.0769. The van der Waals surface area contributed by atoms with E-state index in [2.05, 4.69) is 25.9 Å². The van der Waals surface area contributed by atoms with Gasteiger partial charge in [0.2, 0.25) is 0 Å². The molecule has 0 aliphatic rings. The number of aliphatic hydroxyl groups excluding tert-OH is 1. The van der Waals surface area contributed by atoms with Gasteiger partial charge < -0.3 is 5.11 Å². The summed E-state index contributed by atoms with van der Waals surface area (Å²) in [7, 11) is 0. The molecule has 0 radical (unpaired) electrons. The second kappa shape index (κ2) is 5.59. The van der Waals surface area contributed by atoms with Crippen molar-refractivity contribution >= 4 is 15.9 Å². The molecule has 0 atom stereocenters. The van der Waals surface area contributed by atoms with Crippen LogP contribution in [0.3, 0.4) is 0 Å². The second-order valence-corrected chi connectivity index (χ2v) is 4.43. The van der Waals surface area contributed by atoms with Crippen LogP contribution < -0.4 is 0 Å². The van der Waals surface area contributed by atoms with E-state index in [9.17, 15) is 0 Å². The lowest BCUT2D eigenvalue weighted by Crippen LogP contribution is -1.88. The summed E-state index contributed by atoms with van der Waals surface area (Å²) in [5.74, 6) is 0.706. The Morgan fingerprint density at radius 3 is 2.35 bits per heavy atom. The average molecular weight is 291 g/mol. The molecule has 2 aromatic rings. The molecule has 0 fully saturated rings. The predicted octanol–water partition coefficient (Wildman–Crippen LogP) is 3.52. The Bertz CT molecular complexity index is 506. The Morgan fingerprint density at radius 1 is 1.12 bits per heavy atom. The van der Waals surface area contributed by atoms with Gasteiger partial charge in [-0.05, 0) is 34.0 Å². The predicted molar refractivity (Wildman–Crippen MR) is 70.6 cm³/mol.